The van der Waals surface area contributed by atoms with Crippen molar-refractivity contribution in [2.75, 3.05) is 44.3 Å². The van der Waals surface area contributed by atoms with Crippen LogP contribution in [-0.4, -0.2) is 73.7 Å². The SMILES string of the molecule is C.C.CC(C)C(=O)NCCN(CCNC(=O)C(C)C)C(=O)CCOCCC(=O)CCCC(=O)N1Cc2ccccc2C#Cc2ccccc21. The fourth-order valence-electron chi connectivity index (χ4n) is 4.91. The summed E-state index contributed by atoms with van der Waals surface area (Å²) < 4.78 is 5.60. The number of carbonyl (C=O) groups excluding carboxylic acids is 5. The van der Waals surface area contributed by atoms with E-state index >= 15 is 0 Å². The molecule has 0 aliphatic carbocycles. The molecule has 2 aromatic rings. The van der Waals surface area contributed by atoms with E-state index < -0.39 is 0 Å². The molecule has 2 N–H and O–H groups in total. The van der Waals surface area contributed by atoms with E-state index in [4.69, 9.17) is 4.74 Å². The first-order chi connectivity index (χ1) is 22.6. The lowest BCUT2D eigenvalue weighted by molar-refractivity contribution is -0.133. The predicted octanol–water partition coefficient (Wildman–Crippen LogP) is 5.11. The van der Waals surface area contributed by atoms with Crippen molar-refractivity contribution < 1.29 is 28.7 Å². The number of nitrogens with one attached hydrogen (secondary N) is 2. The van der Waals surface area contributed by atoms with E-state index in [9.17, 15) is 24.0 Å². The summed E-state index contributed by atoms with van der Waals surface area (Å²) in [4.78, 5) is 66.0. The van der Waals surface area contributed by atoms with E-state index in [1.165, 1.54) is 0 Å². The smallest absolute Gasteiger partial charge is 0.227 e. The van der Waals surface area contributed by atoms with Crippen molar-refractivity contribution in [3.63, 3.8) is 0 Å². The summed E-state index contributed by atoms with van der Waals surface area (Å²) in [7, 11) is 0. The summed E-state index contributed by atoms with van der Waals surface area (Å²) in [5.74, 6) is 5.69. The standard InChI is InChI=1S/C37H48N4O6.2CH4/c1-27(2)36(45)38-20-22-40(23-21-39-37(46)28(3)4)34(43)19-25-47-24-18-32(42)13-9-15-35(44)41-26-31-12-6-5-10-29(31)16-17-30-11-7-8-14-33(30)41;;/h5-8,10-12,14,27-28H,9,13,15,18-26H2,1-4H3,(H,38,45)(H,39,46);2*1H4. The highest BCUT2D eigenvalue weighted by molar-refractivity contribution is 5.95. The lowest BCUT2D eigenvalue weighted by atomic mass is 10.0. The monoisotopic (exact) mass is 676 g/mol. The number of fused-ring (bicyclic) bond motifs is 2. The summed E-state index contributed by atoms with van der Waals surface area (Å²) in [5.41, 5.74) is 3.44. The molecule has 1 heterocycles. The van der Waals surface area contributed by atoms with E-state index in [1.54, 1.807) is 37.5 Å². The van der Waals surface area contributed by atoms with Crippen molar-refractivity contribution in [1.82, 2.24) is 15.5 Å². The van der Waals surface area contributed by atoms with Crippen LogP contribution in [0.3, 0.4) is 0 Å². The Morgan fingerprint density at radius 2 is 1.31 bits per heavy atom. The molecule has 2 aromatic carbocycles. The number of Topliss-reactive ketones (excluding diaryl/α,β-unsaturated/α-hetero) is 1. The molecule has 0 unspecified atom stereocenters. The zero-order valence-electron chi connectivity index (χ0n) is 28.1. The van der Waals surface area contributed by atoms with Crippen molar-refractivity contribution >= 4 is 35.1 Å². The molecule has 0 spiro atoms. The molecule has 4 amide bonds. The number of rotatable bonds is 18. The normalized spacial score (nSPS) is 11.3. The molecule has 0 atom stereocenters. The van der Waals surface area contributed by atoms with E-state index in [2.05, 4.69) is 22.5 Å². The Kier molecular flexibility index (Phi) is 19.3. The van der Waals surface area contributed by atoms with Crippen LogP contribution >= 0.6 is 0 Å². The number of para-hydroxylation sites is 1. The van der Waals surface area contributed by atoms with Crippen LogP contribution in [0.25, 0.3) is 0 Å². The lowest BCUT2D eigenvalue weighted by Crippen LogP contribution is -2.44. The molecular weight excluding hydrogens is 620 g/mol. The van der Waals surface area contributed by atoms with Crippen LogP contribution in [-0.2, 0) is 35.3 Å². The minimum atomic E-state index is -0.160. The first-order valence-electron chi connectivity index (χ1n) is 16.5. The first kappa shape index (κ1) is 42.5. The second-order valence-electron chi connectivity index (χ2n) is 12.2. The van der Waals surface area contributed by atoms with Gasteiger partial charge < -0.3 is 25.2 Å². The van der Waals surface area contributed by atoms with Crippen molar-refractivity contribution in [3.05, 3.63) is 65.2 Å². The largest absolute Gasteiger partial charge is 0.380 e. The van der Waals surface area contributed by atoms with Gasteiger partial charge in [0.25, 0.3) is 0 Å². The maximum absolute atomic E-state index is 13.4. The van der Waals surface area contributed by atoms with E-state index in [0.717, 1.165) is 22.4 Å². The summed E-state index contributed by atoms with van der Waals surface area (Å²) in [6.07, 6.45) is 1.24. The fourth-order valence-corrected chi connectivity index (χ4v) is 4.91. The minimum Gasteiger partial charge on any atom is -0.380 e. The van der Waals surface area contributed by atoms with Gasteiger partial charge in [-0.1, -0.05) is 84.7 Å². The van der Waals surface area contributed by atoms with Crippen LogP contribution in [0.15, 0.2) is 48.5 Å². The molecule has 10 heteroatoms. The fraction of sp³-hybridized carbons (Fsp3) is 0.513. The lowest BCUT2D eigenvalue weighted by Gasteiger charge is -2.26. The molecule has 0 radical (unpaired) electrons. The van der Waals surface area contributed by atoms with Crippen LogP contribution in [0, 0.1) is 23.7 Å². The van der Waals surface area contributed by atoms with Crippen molar-refractivity contribution in [2.24, 2.45) is 11.8 Å². The molecule has 0 saturated carbocycles. The number of benzene rings is 2. The van der Waals surface area contributed by atoms with Gasteiger partial charge >= 0.3 is 0 Å². The zero-order valence-corrected chi connectivity index (χ0v) is 28.1. The zero-order chi connectivity index (χ0) is 34.2. The van der Waals surface area contributed by atoms with Gasteiger partial charge in [0.15, 0.2) is 0 Å². The van der Waals surface area contributed by atoms with Gasteiger partial charge in [-0.3, -0.25) is 24.0 Å². The second-order valence-corrected chi connectivity index (χ2v) is 12.2. The molecule has 0 fully saturated rings. The summed E-state index contributed by atoms with van der Waals surface area (Å²) >= 11 is 0. The van der Waals surface area contributed by atoms with Gasteiger partial charge in [-0.2, -0.15) is 0 Å². The van der Waals surface area contributed by atoms with Gasteiger partial charge in [-0.15, -0.1) is 0 Å². The molecule has 0 saturated heterocycles. The van der Waals surface area contributed by atoms with Gasteiger partial charge in [-0.05, 0) is 30.2 Å². The highest BCUT2D eigenvalue weighted by Gasteiger charge is 2.21. The summed E-state index contributed by atoms with van der Waals surface area (Å²) in [6.45, 7) is 9.19. The Labute approximate surface area is 293 Å². The quantitative estimate of drug-likeness (QED) is 0.167. The van der Waals surface area contributed by atoms with Crippen LogP contribution in [0.5, 0.6) is 0 Å². The van der Waals surface area contributed by atoms with Crippen molar-refractivity contribution in [1.29, 1.82) is 0 Å². The number of hydrogen-bond acceptors (Lipinski definition) is 6. The number of carbonyl (C=O) groups is 5. The second kappa shape index (κ2) is 22.2. The molecule has 49 heavy (non-hydrogen) atoms. The third-order valence-electron chi connectivity index (χ3n) is 7.77. The number of ether oxygens (including phenoxy) is 1. The predicted molar refractivity (Wildman–Crippen MR) is 195 cm³/mol. The van der Waals surface area contributed by atoms with E-state index in [0.29, 0.717) is 39.1 Å². The average molecular weight is 677 g/mol. The van der Waals surface area contributed by atoms with E-state index in [1.807, 2.05) is 48.5 Å². The third kappa shape index (κ3) is 14.3. The van der Waals surface area contributed by atoms with Crippen LogP contribution in [0.4, 0.5) is 5.69 Å². The molecular formula is C39H56N4O6. The Balaban J connectivity index is 0.00000600. The maximum Gasteiger partial charge on any atom is 0.227 e. The van der Waals surface area contributed by atoms with Crippen LogP contribution in [0.1, 0.15) is 91.3 Å². The Hall–Kier alpha value is -4.49. The van der Waals surface area contributed by atoms with Gasteiger partial charge in [0.1, 0.15) is 5.78 Å². The van der Waals surface area contributed by atoms with E-state index in [-0.39, 0.29) is 95.0 Å². The summed E-state index contributed by atoms with van der Waals surface area (Å²) in [5, 5.41) is 5.62. The highest BCUT2D eigenvalue weighted by atomic mass is 16.5. The van der Waals surface area contributed by atoms with Gasteiger partial charge in [0, 0.05) is 68.4 Å². The number of amides is 4. The molecule has 1 aliphatic rings. The van der Waals surface area contributed by atoms with Crippen LogP contribution in [0.2, 0.25) is 0 Å². The molecule has 0 aromatic heterocycles. The minimum absolute atomic E-state index is 0. The molecule has 0 bridgehead atoms. The summed E-state index contributed by atoms with van der Waals surface area (Å²) in [6, 6.07) is 15.4. The van der Waals surface area contributed by atoms with Gasteiger partial charge in [-0.25, -0.2) is 0 Å². The third-order valence-corrected chi connectivity index (χ3v) is 7.77. The van der Waals surface area contributed by atoms with Gasteiger partial charge in [0.2, 0.25) is 23.6 Å². The number of ketones is 1. The van der Waals surface area contributed by atoms with Crippen LogP contribution < -0.4 is 15.5 Å². The number of nitrogens with zero attached hydrogens (tertiary/aromatic N) is 2. The average Bonchev–Trinajstić information content (AvgIpc) is 3.04. The molecule has 10 nitrogen and oxygen atoms in total. The molecule has 1 aliphatic heterocycles. The highest BCUT2D eigenvalue weighted by Crippen LogP contribution is 2.26. The topological polar surface area (TPSA) is 125 Å². The maximum atomic E-state index is 13.4. The molecule has 268 valence electrons. The Morgan fingerprint density at radius 1 is 0.755 bits per heavy atom. The first-order valence-corrected chi connectivity index (χ1v) is 16.5. The van der Waals surface area contributed by atoms with Crippen molar-refractivity contribution in [3.8, 4) is 11.8 Å². The Bertz CT molecular complexity index is 1430. The molecule has 3 rings (SSSR count). The number of hydrogen-bond donors (Lipinski definition) is 2. The number of anilines is 1. The Morgan fingerprint density at radius 3 is 1.94 bits per heavy atom. The van der Waals surface area contributed by atoms with Crippen molar-refractivity contribution in [2.45, 2.75) is 81.2 Å². The van der Waals surface area contributed by atoms with Gasteiger partial charge in [0.05, 0.1) is 31.9 Å².